The molecule has 0 spiro atoms. The Hall–Kier alpha value is -3.32. The van der Waals surface area contributed by atoms with Gasteiger partial charge in [-0.2, -0.15) is 5.10 Å². The molecule has 0 heterocycles. The zero-order valence-corrected chi connectivity index (χ0v) is 20.7. The Balaban J connectivity index is 1.55. The van der Waals surface area contributed by atoms with Gasteiger partial charge in [0.1, 0.15) is 12.4 Å². The average Bonchev–Trinajstić information content (AvgIpc) is 2.78. The normalized spacial score (nSPS) is 10.8. The lowest BCUT2D eigenvalue weighted by molar-refractivity contribution is -0.123. The van der Waals surface area contributed by atoms with Crippen LogP contribution in [0.15, 0.2) is 64.2 Å². The molecule has 0 saturated heterocycles. The van der Waals surface area contributed by atoms with E-state index in [1.54, 1.807) is 19.4 Å². The van der Waals surface area contributed by atoms with Crippen LogP contribution in [-0.2, 0) is 11.4 Å². The molecule has 0 saturated carbocycles. The van der Waals surface area contributed by atoms with Gasteiger partial charge in [0.05, 0.1) is 13.3 Å². The maximum Gasteiger partial charge on any atom is 0.277 e. The molecule has 3 rings (SSSR count). The Morgan fingerprint density at radius 1 is 0.970 bits per heavy atom. The lowest BCUT2D eigenvalue weighted by Gasteiger charge is -2.12. The second-order valence-corrected chi connectivity index (χ2v) is 8.49. The Kier molecular flexibility index (Phi) is 8.49. The minimum atomic E-state index is -0.349. The maximum absolute atomic E-state index is 12.1. The van der Waals surface area contributed by atoms with E-state index >= 15 is 0 Å². The molecular weight excluding hydrogens is 484 g/mol. The predicted octanol–water partition coefficient (Wildman–Crippen LogP) is 5.49. The standard InChI is InChI=1S/C26H27BrN2O4/c1-17-7-5-6-8-21(17)15-32-23-10-9-20(13-24(23)31-4)14-28-29-25(30)16-33-26-18(2)11-22(27)12-19(26)3/h5-14H,15-16H2,1-4H3,(H,29,30)/b28-14+. The van der Waals surface area contributed by atoms with Crippen molar-refractivity contribution >= 4 is 28.1 Å². The van der Waals surface area contributed by atoms with Crippen LogP contribution in [0.1, 0.15) is 27.8 Å². The smallest absolute Gasteiger partial charge is 0.277 e. The Bertz CT molecular complexity index is 1140. The molecule has 1 N–H and O–H groups in total. The van der Waals surface area contributed by atoms with Crippen LogP contribution < -0.4 is 19.6 Å². The van der Waals surface area contributed by atoms with Crippen LogP contribution >= 0.6 is 15.9 Å². The van der Waals surface area contributed by atoms with Gasteiger partial charge in [0.25, 0.3) is 5.91 Å². The number of rotatable bonds is 9. The first-order valence-corrected chi connectivity index (χ1v) is 11.2. The summed E-state index contributed by atoms with van der Waals surface area (Å²) in [6.07, 6.45) is 1.54. The number of hydrogen-bond donors (Lipinski definition) is 1. The molecule has 0 atom stereocenters. The van der Waals surface area contributed by atoms with Crippen molar-refractivity contribution in [2.75, 3.05) is 13.7 Å². The molecule has 172 valence electrons. The van der Waals surface area contributed by atoms with E-state index in [-0.39, 0.29) is 12.5 Å². The number of aryl methyl sites for hydroxylation is 3. The second kappa shape index (κ2) is 11.5. The molecule has 0 radical (unpaired) electrons. The van der Waals surface area contributed by atoms with Crippen molar-refractivity contribution in [3.05, 3.63) is 86.9 Å². The average molecular weight is 511 g/mol. The molecule has 33 heavy (non-hydrogen) atoms. The fraction of sp³-hybridized carbons (Fsp3) is 0.231. The van der Waals surface area contributed by atoms with E-state index in [0.717, 1.165) is 26.7 Å². The molecule has 0 aliphatic heterocycles. The number of nitrogens with zero attached hydrogens (tertiary/aromatic N) is 1. The van der Waals surface area contributed by atoms with Crippen LogP contribution in [0.5, 0.6) is 17.2 Å². The van der Waals surface area contributed by atoms with Crippen molar-refractivity contribution in [3.63, 3.8) is 0 Å². The van der Waals surface area contributed by atoms with Gasteiger partial charge in [-0.25, -0.2) is 5.43 Å². The summed E-state index contributed by atoms with van der Waals surface area (Å²) >= 11 is 3.45. The third-order valence-corrected chi connectivity index (χ3v) is 5.47. The van der Waals surface area contributed by atoms with Crippen LogP contribution in [0.3, 0.4) is 0 Å². The number of benzene rings is 3. The summed E-state index contributed by atoms with van der Waals surface area (Å²) in [5, 5.41) is 4.01. The van der Waals surface area contributed by atoms with E-state index < -0.39 is 0 Å². The van der Waals surface area contributed by atoms with Gasteiger partial charge in [0, 0.05) is 4.47 Å². The second-order valence-electron chi connectivity index (χ2n) is 7.58. The van der Waals surface area contributed by atoms with E-state index in [4.69, 9.17) is 14.2 Å². The van der Waals surface area contributed by atoms with Gasteiger partial charge in [0.2, 0.25) is 0 Å². The maximum atomic E-state index is 12.1. The first-order chi connectivity index (χ1) is 15.9. The van der Waals surface area contributed by atoms with Crippen molar-refractivity contribution in [1.29, 1.82) is 0 Å². The van der Waals surface area contributed by atoms with Crippen LogP contribution in [-0.4, -0.2) is 25.8 Å². The first-order valence-electron chi connectivity index (χ1n) is 10.4. The fourth-order valence-electron chi connectivity index (χ4n) is 3.29. The molecule has 0 unspecified atom stereocenters. The summed E-state index contributed by atoms with van der Waals surface area (Å²) in [7, 11) is 1.59. The van der Waals surface area contributed by atoms with Crippen molar-refractivity contribution < 1.29 is 19.0 Å². The Labute approximate surface area is 202 Å². The van der Waals surface area contributed by atoms with Crippen molar-refractivity contribution in [3.8, 4) is 17.2 Å². The molecule has 3 aromatic rings. The molecular formula is C26H27BrN2O4. The number of carbonyl (C=O) groups excluding carboxylic acids is 1. The number of hydrazone groups is 1. The van der Waals surface area contributed by atoms with Gasteiger partial charge < -0.3 is 14.2 Å². The number of amides is 1. The molecule has 0 bridgehead atoms. The van der Waals surface area contributed by atoms with Gasteiger partial charge in [-0.05, 0) is 78.9 Å². The highest BCUT2D eigenvalue weighted by molar-refractivity contribution is 9.10. The molecule has 0 fully saturated rings. The van der Waals surface area contributed by atoms with Crippen LogP contribution in [0.2, 0.25) is 0 Å². The zero-order valence-electron chi connectivity index (χ0n) is 19.1. The van der Waals surface area contributed by atoms with Gasteiger partial charge in [-0.15, -0.1) is 0 Å². The summed E-state index contributed by atoms with van der Waals surface area (Å²) in [6, 6.07) is 17.4. The van der Waals surface area contributed by atoms with E-state index in [9.17, 15) is 4.79 Å². The van der Waals surface area contributed by atoms with Gasteiger partial charge >= 0.3 is 0 Å². The Morgan fingerprint density at radius 2 is 1.70 bits per heavy atom. The van der Waals surface area contributed by atoms with Gasteiger partial charge in [-0.1, -0.05) is 40.2 Å². The minimum absolute atomic E-state index is 0.129. The first kappa shape index (κ1) is 24.3. The molecule has 7 heteroatoms. The number of halogens is 1. The lowest BCUT2D eigenvalue weighted by atomic mass is 10.1. The van der Waals surface area contributed by atoms with E-state index in [1.165, 1.54) is 5.56 Å². The number of hydrogen-bond acceptors (Lipinski definition) is 5. The summed E-state index contributed by atoms with van der Waals surface area (Å²) < 4.78 is 18.0. The monoisotopic (exact) mass is 510 g/mol. The van der Waals surface area contributed by atoms with Crippen LogP contribution in [0.4, 0.5) is 0 Å². The topological polar surface area (TPSA) is 69.2 Å². The number of ether oxygens (including phenoxy) is 3. The van der Waals surface area contributed by atoms with Crippen molar-refractivity contribution in [1.82, 2.24) is 5.43 Å². The van der Waals surface area contributed by atoms with Crippen molar-refractivity contribution in [2.24, 2.45) is 5.10 Å². The Morgan fingerprint density at radius 3 is 2.39 bits per heavy atom. The summed E-state index contributed by atoms with van der Waals surface area (Å²) in [5.41, 5.74) is 7.43. The molecule has 0 aromatic heterocycles. The van der Waals surface area contributed by atoms with Crippen molar-refractivity contribution in [2.45, 2.75) is 27.4 Å². The molecule has 3 aromatic carbocycles. The quantitative estimate of drug-likeness (QED) is 0.305. The van der Waals surface area contributed by atoms with Crippen LogP contribution in [0.25, 0.3) is 0 Å². The number of nitrogens with one attached hydrogen (secondary N) is 1. The highest BCUT2D eigenvalue weighted by Gasteiger charge is 2.09. The van der Waals surface area contributed by atoms with E-state index in [0.29, 0.717) is 23.9 Å². The highest BCUT2D eigenvalue weighted by atomic mass is 79.9. The number of methoxy groups -OCH3 is 1. The fourth-order valence-corrected chi connectivity index (χ4v) is 3.97. The minimum Gasteiger partial charge on any atom is -0.493 e. The molecule has 0 aliphatic rings. The van der Waals surface area contributed by atoms with E-state index in [1.807, 2.05) is 56.3 Å². The van der Waals surface area contributed by atoms with Gasteiger partial charge in [0.15, 0.2) is 18.1 Å². The lowest BCUT2D eigenvalue weighted by Crippen LogP contribution is -2.25. The molecule has 1 amide bonds. The third-order valence-electron chi connectivity index (χ3n) is 5.01. The summed E-state index contributed by atoms with van der Waals surface area (Å²) in [6.45, 7) is 6.24. The molecule has 6 nitrogen and oxygen atoms in total. The summed E-state index contributed by atoms with van der Waals surface area (Å²) in [5.74, 6) is 1.57. The predicted molar refractivity (Wildman–Crippen MR) is 133 cm³/mol. The van der Waals surface area contributed by atoms with Crippen LogP contribution in [0, 0.1) is 20.8 Å². The SMILES string of the molecule is COc1cc(/C=N/NC(=O)COc2c(C)cc(Br)cc2C)ccc1OCc1ccccc1C. The molecule has 0 aliphatic carbocycles. The zero-order chi connectivity index (χ0) is 23.8. The van der Waals surface area contributed by atoms with E-state index in [2.05, 4.69) is 39.4 Å². The largest absolute Gasteiger partial charge is 0.493 e. The number of carbonyl (C=O) groups is 1. The van der Waals surface area contributed by atoms with Gasteiger partial charge in [-0.3, -0.25) is 4.79 Å². The third kappa shape index (κ3) is 6.83. The highest BCUT2D eigenvalue weighted by Crippen LogP contribution is 2.29. The summed E-state index contributed by atoms with van der Waals surface area (Å²) in [4.78, 5) is 12.1.